The predicted molar refractivity (Wildman–Crippen MR) is 80.0 cm³/mol. The Labute approximate surface area is 129 Å². The molecule has 1 saturated heterocycles. The first-order valence-corrected chi connectivity index (χ1v) is 7.29. The Kier molecular flexibility index (Phi) is 5.46. The third-order valence-corrected chi connectivity index (χ3v) is 3.67. The minimum Gasteiger partial charge on any atom is -0.359 e. The van der Waals surface area contributed by atoms with Crippen LogP contribution >= 0.6 is 0 Å². The van der Waals surface area contributed by atoms with Gasteiger partial charge in [-0.2, -0.15) is 0 Å². The number of carbonyl (C=O) groups is 3. The van der Waals surface area contributed by atoms with Gasteiger partial charge in [0.15, 0.2) is 0 Å². The molecule has 1 N–H and O–H groups in total. The molecule has 0 saturated carbocycles. The zero-order valence-corrected chi connectivity index (χ0v) is 12.6. The van der Waals surface area contributed by atoms with Gasteiger partial charge < -0.3 is 15.1 Å². The molecule has 0 aromatic carbocycles. The average Bonchev–Trinajstić information content (AvgIpc) is 2.59. The number of aromatic nitrogens is 1. The highest BCUT2D eigenvalue weighted by Gasteiger charge is 2.24. The van der Waals surface area contributed by atoms with Gasteiger partial charge in [0.1, 0.15) is 0 Å². The second-order valence-corrected chi connectivity index (χ2v) is 5.09. The Morgan fingerprint density at radius 3 is 2.41 bits per heavy atom. The molecule has 7 heteroatoms. The minimum atomic E-state index is -0.140. The predicted octanol–water partition coefficient (Wildman–Crippen LogP) is -0.108. The number of carbonyl (C=O) groups excluding carboxylic acids is 3. The molecule has 0 radical (unpaired) electrons. The van der Waals surface area contributed by atoms with Crippen molar-refractivity contribution in [1.29, 1.82) is 0 Å². The van der Waals surface area contributed by atoms with Crippen LogP contribution in [0.1, 0.15) is 23.2 Å². The van der Waals surface area contributed by atoms with Crippen molar-refractivity contribution in [3.05, 3.63) is 30.1 Å². The van der Waals surface area contributed by atoms with Gasteiger partial charge in [0.2, 0.25) is 11.8 Å². The lowest BCUT2D eigenvalue weighted by Gasteiger charge is -2.34. The lowest BCUT2D eigenvalue weighted by molar-refractivity contribution is -0.134. The fourth-order valence-electron chi connectivity index (χ4n) is 2.33. The van der Waals surface area contributed by atoms with Crippen LogP contribution in [0.2, 0.25) is 0 Å². The van der Waals surface area contributed by atoms with E-state index < -0.39 is 0 Å². The molecule has 0 aliphatic carbocycles. The van der Waals surface area contributed by atoms with E-state index in [1.807, 2.05) is 0 Å². The Balaban J connectivity index is 1.81. The van der Waals surface area contributed by atoms with E-state index in [0.29, 0.717) is 31.7 Å². The first-order valence-electron chi connectivity index (χ1n) is 7.29. The van der Waals surface area contributed by atoms with Crippen LogP contribution in [0.25, 0.3) is 0 Å². The summed E-state index contributed by atoms with van der Waals surface area (Å²) in [6, 6.07) is 3.46. The van der Waals surface area contributed by atoms with Crippen molar-refractivity contribution in [2.45, 2.75) is 12.8 Å². The minimum absolute atomic E-state index is 0.0444. The number of pyridine rings is 1. The Morgan fingerprint density at radius 2 is 1.82 bits per heavy atom. The van der Waals surface area contributed by atoms with Crippen molar-refractivity contribution in [1.82, 2.24) is 20.1 Å². The van der Waals surface area contributed by atoms with Crippen LogP contribution in [0.4, 0.5) is 0 Å². The summed E-state index contributed by atoms with van der Waals surface area (Å²) in [5.41, 5.74) is 0.557. The summed E-state index contributed by atoms with van der Waals surface area (Å²) < 4.78 is 0. The molecule has 0 spiro atoms. The monoisotopic (exact) mass is 304 g/mol. The summed E-state index contributed by atoms with van der Waals surface area (Å²) in [6.07, 6.45) is 3.57. The highest BCUT2D eigenvalue weighted by Crippen LogP contribution is 2.09. The zero-order valence-electron chi connectivity index (χ0n) is 12.6. The molecular weight excluding hydrogens is 284 g/mol. The number of hydrogen-bond donors (Lipinski definition) is 1. The number of hydrogen-bond acceptors (Lipinski definition) is 4. The van der Waals surface area contributed by atoms with Crippen molar-refractivity contribution < 1.29 is 14.4 Å². The van der Waals surface area contributed by atoms with Gasteiger partial charge in [-0.1, -0.05) is 0 Å². The number of nitrogens with one attached hydrogen (secondary N) is 1. The second kappa shape index (κ2) is 7.53. The van der Waals surface area contributed by atoms with Crippen LogP contribution in [-0.2, 0) is 9.59 Å². The summed E-state index contributed by atoms with van der Waals surface area (Å²) >= 11 is 0. The number of amides is 3. The fraction of sp³-hybridized carbons (Fsp3) is 0.467. The van der Waals surface area contributed by atoms with Crippen LogP contribution in [-0.4, -0.2) is 65.7 Å². The Bertz CT molecular complexity index is 539. The molecule has 118 valence electrons. The van der Waals surface area contributed by atoms with E-state index in [1.54, 1.807) is 41.4 Å². The summed E-state index contributed by atoms with van der Waals surface area (Å²) in [6.45, 7) is 2.00. The molecule has 7 nitrogen and oxygen atoms in total. The van der Waals surface area contributed by atoms with E-state index in [4.69, 9.17) is 0 Å². The Hall–Kier alpha value is -2.44. The molecule has 1 aromatic rings. The molecule has 2 rings (SSSR count). The smallest absolute Gasteiger partial charge is 0.255 e. The lowest BCUT2D eigenvalue weighted by Crippen LogP contribution is -2.50. The van der Waals surface area contributed by atoms with Crippen molar-refractivity contribution in [3.8, 4) is 0 Å². The van der Waals surface area contributed by atoms with Gasteiger partial charge in [-0.05, 0) is 12.1 Å². The summed E-state index contributed by atoms with van der Waals surface area (Å²) in [4.78, 5) is 42.8. The molecule has 3 amide bonds. The molecular formula is C15H20N4O3. The van der Waals surface area contributed by atoms with Crippen LogP contribution in [0, 0.1) is 0 Å². The molecule has 1 aliphatic rings. The van der Waals surface area contributed by atoms with E-state index in [1.165, 1.54) is 0 Å². The van der Waals surface area contributed by atoms with E-state index in [2.05, 4.69) is 10.3 Å². The van der Waals surface area contributed by atoms with Crippen molar-refractivity contribution >= 4 is 17.7 Å². The van der Waals surface area contributed by atoms with Crippen molar-refractivity contribution in [2.24, 2.45) is 0 Å². The van der Waals surface area contributed by atoms with Crippen molar-refractivity contribution in [2.75, 3.05) is 33.2 Å². The van der Waals surface area contributed by atoms with E-state index in [-0.39, 0.29) is 30.6 Å². The van der Waals surface area contributed by atoms with Gasteiger partial charge in [0.05, 0.1) is 5.56 Å². The SMILES string of the molecule is CNC(=O)CCC(=O)N1CCN(C(=O)c2cccnc2)CC1. The molecule has 0 bridgehead atoms. The third-order valence-electron chi connectivity index (χ3n) is 3.67. The van der Waals surface area contributed by atoms with Crippen LogP contribution in [0.3, 0.4) is 0 Å². The summed E-state index contributed by atoms with van der Waals surface area (Å²) in [5.74, 6) is -0.249. The topological polar surface area (TPSA) is 82.6 Å². The molecule has 2 heterocycles. The maximum absolute atomic E-state index is 12.3. The van der Waals surface area contributed by atoms with Gasteiger partial charge in [-0.25, -0.2) is 0 Å². The van der Waals surface area contributed by atoms with Crippen molar-refractivity contribution in [3.63, 3.8) is 0 Å². The maximum Gasteiger partial charge on any atom is 0.255 e. The largest absolute Gasteiger partial charge is 0.359 e. The summed E-state index contributed by atoms with van der Waals surface area (Å²) in [7, 11) is 1.55. The van der Waals surface area contributed by atoms with Gasteiger partial charge in [-0.15, -0.1) is 0 Å². The zero-order chi connectivity index (χ0) is 15.9. The average molecular weight is 304 g/mol. The first-order chi connectivity index (χ1) is 10.6. The van der Waals surface area contributed by atoms with E-state index in [0.717, 1.165) is 0 Å². The first kappa shape index (κ1) is 15.9. The van der Waals surface area contributed by atoms with Crippen LogP contribution in [0.5, 0.6) is 0 Å². The van der Waals surface area contributed by atoms with Gasteiger partial charge in [0.25, 0.3) is 5.91 Å². The summed E-state index contributed by atoms with van der Waals surface area (Å²) in [5, 5.41) is 2.49. The lowest BCUT2D eigenvalue weighted by atomic mass is 10.2. The molecule has 1 aromatic heterocycles. The number of piperazine rings is 1. The molecule has 22 heavy (non-hydrogen) atoms. The number of nitrogens with zero attached hydrogens (tertiary/aromatic N) is 3. The van der Waals surface area contributed by atoms with Gasteiger partial charge >= 0.3 is 0 Å². The molecule has 1 fully saturated rings. The normalized spacial score (nSPS) is 14.6. The highest BCUT2D eigenvalue weighted by molar-refractivity contribution is 5.94. The second-order valence-electron chi connectivity index (χ2n) is 5.09. The standard InChI is InChI=1S/C15H20N4O3/c1-16-13(20)4-5-14(21)18-7-9-19(10-8-18)15(22)12-3-2-6-17-11-12/h2-3,6,11H,4-5,7-10H2,1H3,(H,16,20). The molecule has 0 atom stereocenters. The van der Waals surface area contributed by atoms with Gasteiger partial charge in [-0.3, -0.25) is 19.4 Å². The highest BCUT2D eigenvalue weighted by atomic mass is 16.2. The maximum atomic E-state index is 12.3. The molecule has 0 unspecified atom stereocenters. The number of rotatable bonds is 4. The van der Waals surface area contributed by atoms with Crippen LogP contribution in [0.15, 0.2) is 24.5 Å². The van der Waals surface area contributed by atoms with Gasteiger partial charge in [0, 0.05) is 58.5 Å². The molecule has 1 aliphatic heterocycles. The Morgan fingerprint density at radius 1 is 1.14 bits per heavy atom. The van der Waals surface area contributed by atoms with E-state index in [9.17, 15) is 14.4 Å². The fourth-order valence-corrected chi connectivity index (χ4v) is 2.33. The van der Waals surface area contributed by atoms with E-state index >= 15 is 0 Å². The quantitative estimate of drug-likeness (QED) is 0.841. The third kappa shape index (κ3) is 4.03. The van der Waals surface area contributed by atoms with Crippen LogP contribution < -0.4 is 5.32 Å².